The maximum absolute atomic E-state index is 9.09. The molecule has 14 heteroatoms. The summed E-state index contributed by atoms with van der Waals surface area (Å²) in [5.41, 5.74) is 1.01. The molecular weight excluding hydrogens is 1160 g/mol. The lowest BCUT2D eigenvalue weighted by Gasteiger charge is -2.50. The van der Waals surface area contributed by atoms with Gasteiger partial charge >= 0.3 is 0 Å². The Morgan fingerprint density at radius 1 is 0.319 bits per heavy atom. The lowest BCUT2D eigenvalue weighted by Crippen LogP contribution is -2.62. The van der Waals surface area contributed by atoms with Crippen molar-refractivity contribution in [1.29, 1.82) is 5.26 Å². The van der Waals surface area contributed by atoms with Gasteiger partial charge in [0.1, 0.15) is 6.04 Å². The van der Waals surface area contributed by atoms with E-state index in [2.05, 4.69) is 284 Å². The molecule has 10 saturated heterocycles. The zero-order valence-corrected chi connectivity index (χ0v) is 68.6. The Hall–Kier alpha value is -1.03. The third kappa shape index (κ3) is 25.2. The van der Waals surface area contributed by atoms with Crippen LogP contribution < -0.4 is 0 Å². The first-order valence-electron chi connectivity index (χ1n) is 39.9. The Morgan fingerprint density at radius 3 is 0.989 bits per heavy atom. The van der Waals surface area contributed by atoms with Crippen molar-refractivity contribution in [1.82, 2.24) is 63.7 Å². The lowest BCUT2D eigenvalue weighted by atomic mass is 9.78. The molecule has 10 heterocycles. The monoisotopic (exact) mass is 1320 g/mol. The molecule has 7 atom stereocenters. The van der Waals surface area contributed by atoms with E-state index in [1.807, 2.05) is 0 Å². The van der Waals surface area contributed by atoms with Crippen LogP contribution in [0.5, 0.6) is 0 Å². The Morgan fingerprint density at radius 2 is 0.681 bits per heavy atom. The van der Waals surface area contributed by atoms with Gasteiger partial charge in [-0.2, -0.15) is 5.26 Å². The maximum atomic E-state index is 9.09. The summed E-state index contributed by atoms with van der Waals surface area (Å²) in [5, 5.41) is 9.09. The van der Waals surface area contributed by atoms with Gasteiger partial charge in [0, 0.05) is 231 Å². The number of fused-ring (bicyclic) bond motifs is 4. The Balaban J connectivity index is 0.000000234. The molecule has 554 valence electrons. The van der Waals surface area contributed by atoms with Crippen LogP contribution in [0.2, 0.25) is 0 Å². The molecular formula is C80H164N14. The summed E-state index contributed by atoms with van der Waals surface area (Å²) < 4.78 is 0. The van der Waals surface area contributed by atoms with Gasteiger partial charge < -0.3 is 9.80 Å². The minimum absolute atomic E-state index is 0.0751. The Bertz CT molecular complexity index is 1990. The number of piperazine rings is 5. The number of hydrogen-bond acceptors (Lipinski definition) is 14. The van der Waals surface area contributed by atoms with Gasteiger partial charge in [0.25, 0.3) is 0 Å². The highest BCUT2D eigenvalue weighted by Crippen LogP contribution is 2.41. The molecule has 0 aromatic heterocycles. The standard InChI is InChI=1S/3C12H24N2.C12H26N2.C11H21N3.C11H24N2.C10H21N/c1-10(2)13-6-5-12(7-13)8-14(9-12)11(3)4;2*1-9(2)13-7-11-5-6-12(8-13)14(11)10(3)4;1-10(2)13-7-8-14(11(3)4)12(5,6)9-13;1-9(2)13-5-6-14(10(3)4)11(7-12)8-13;1-9(2)12-6-7-13(10(3)4)11(5)8-12;1-8(2)10-5-6-11(7-10)9(3)4/h10-11H,5-9H2,1-4H3;2*9-12H,5-8H2,1-4H3;10-11H,7-9H2,1-6H3;9-11H,5-6,8H2,1-4H3;9-11H,6-8H2,1-5H3;8-10H,5-7H2,1-4H3/t;2*11-,12+;;2*11-;10-/m....101/s1. The second-order valence-corrected chi connectivity index (χ2v) is 36.1. The predicted octanol–water partition coefficient (Wildman–Crippen LogP) is 13.4. The van der Waals surface area contributed by atoms with Crippen molar-refractivity contribution < 1.29 is 0 Å². The SMILES string of the molecule is CC(C)N1CCC2(C1)CN(C(C)C)C2.CC(C)N1CCN(C(C)C)C(C)(C)C1.CC(C)N1CCN(C(C)C)[C@@H](C)C1.CC(C)N1CCN(C(C)C)[C@H](C#N)C1.CC(C)N1C[C@H]2CC[C@@H](C1)N2C(C)C.CC(C)N1C[C@H]2CC[C@@H](C1)N2C(C)C.CC(C)[C@@H]1CCN(C(C)C)C1. The van der Waals surface area contributed by atoms with E-state index in [4.69, 9.17) is 5.26 Å². The molecule has 10 aliphatic heterocycles. The Kier molecular flexibility index (Phi) is 35.8. The summed E-state index contributed by atoms with van der Waals surface area (Å²) in [5.74, 6) is 1.83. The van der Waals surface area contributed by atoms with E-state index in [0.717, 1.165) is 104 Å². The molecule has 1 spiro atoms. The summed E-state index contributed by atoms with van der Waals surface area (Å²) in [6, 6.07) is 15.5. The molecule has 0 aromatic rings. The fourth-order valence-electron chi connectivity index (χ4n) is 18.0. The lowest BCUT2D eigenvalue weighted by molar-refractivity contribution is -0.0158. The van der Waals surface area contributed by atoms with Crippen molar-refractivity contribution in [2.24, 2.45) is 17.3 Å². The smallest absolute Gasteiger partial charge is 0.111 e. The molecule has 0 amide bonds. The largest absolute Gasteiger partial charge is 0.301 e. The average Bonchev–Trinajstić information content (AvgIpc) is 1.58. The number of rotatable bonds is 14. The molecule has 0 aliphatic carbocycles. The summed E-state index contributed by atoms with van der Waals surface area (Å²) >= 11 is 0. The molecule has 0 saturated carbocycles. The molecule has 10 fully saturated rings. The van der Waals surface area contributed by atoms with E-state index >= 15 is 0 Å². The second kappa shape index (κ2) is 39.4. The topological polar surface area (TPSA) is 65.9 Å². The molecule has 10 rings (SSSR count). The zero-order chi connectivity index (χ0) is 71.0. The van der Waals surface area contributed by atoms with E-state index in [0.29, 0.717) is 47.2 Å². The average molecular weight is 1320 g/mol. The van der Waals surface area contributed by atoms with Crippen molar-refractivity contribution >= 4 is 0 Å². The minimum atomic E-state index is 0.0751. The number of hydrogen-bond donors (Lipinski definition) is 0. The van der Waals surface area contributed by atoms with Gasteiger partial charge in [0.15, 0.2) is 0 Å². The van der Waals surface area contributed by atoms with Gasteiger partial charge in [-0.15, -0.1) is 0 Å². The van der Waals surface area contributed by atoms with Crippen molar-refractivity contribution in [2.45, 2.75) is 373 Å². The first-order chi connectivity index (χ1) is 43.7. The Labute approximate surface area is 587 Å². The third-order valence-corrected chi connectivity index (χ3v) is 24.2. The first-order valence-corrected chi connectivity index (χ1v) is 39.9. The molecule has 4 bridgehead atoms. The van der Waals surface area contributed by atoms with E-state index in [1.165, 1.54) is 143 Å². The number of nitriles is 1. The van der Waals surface area contributed by atoms with Crippen molar-refractivity contribution in [3.05, 3.63) is 0 Å². The molecule has 94 heavy (non-hydrogen) atoms. The van der Waals surface area contributed by atoms with Crippen LogP contribution in [0.4, 0.5) is 0 Å². The summed E-state index contributed by atoms with van der Waals surface area (Å²) in [4.78, 5) is 33.7. The van der Waals surface area contributed by atoms with Crippen LogP contribution in [-0.4, -0.2) is 308 Å². The van der Waals surface area contributed by atoms with Crippen LogP contribution in [0.15, 0.2) is 0 Å². The normalized spacial score (nSPS) is 29.0. The van der Waals surface area contributed by atoms with E-state index in [9.17, 15) is 0 Å². The van der Waals surface area contributed by atoms with Crippen LogP contribution in [0, 0.1) is 28.6 Å². The van der Waals surface area contributed by atoms with Crippen LogP contribution in [-0.2, 0) is 0 Å². The van der Waals surface area contributed by atoms with E-state index < -0.39 is 0 Å². The van der Waals surface area contributed by atoms with Crippen molar-refractivity contribution in [3.8, 4) is 6.07 Å². The van der Waals surface area contributed by atoms with Crippen molar-refractivity contribution in [3.63, 3.8) is 0 Å². The van der Waals surface area contributed by atoms with Gasteiger partial charge in [-0.3, -0.25) is 53.9 Å². The van der Waals surface area contributed by atoms with Gasteiger partial charge in [-0.25, -0.2) is 0 Å². The van der Waals surface area contributed by atoms with Crippen molar-refractivity contribution in [2.75, 3.05) is 124 Å². The second-order valence-electron chi connectivity index (χ2n) is 36.1. The highest BCUT2D eigenvalue weighted by molar-refractivity contribution is 5.04. The highest BCUT2D eigenvalue weighted by Gasteiger charge is 2.49. The first kappa shape index (κ1) is 85.4. The van der Waals surface area contributed by atoms with Gasteiger partial charge in [-0.05, 0) is 264 Å². The quantitative estimate of drug-likeness (QED) is 0.166. The third-order valence-electron chi connectivity index (χ3n) is 24.2. The highest BCUT2D eigenvalue weighted by atomic mass is 15.4. The maximum Gasteiger partial charge on any atom is 0.111 e. The molecule has 0 aromatic carbocycles. The van der Waals surface area contributed by atoms with E-state index in [1.54, 1.807) is 0 Å². The molecule has 0 unspecified atom stereocenters. The fourth-order valence-corrected chi connectivity index (χ4v) is 18.0. The number of likely N-dealkylation sites (tertiary alicyclic amines) is 5. The number of nitrogens with zero attached hydrogens (tertiary/aromatic N) is 14. The summed E-state index contributed by atoms with van der Waals surface area (Å²) in [6.45, 7) is 94.8. The van der Waals surface area contributed by atoms with Crippen LogP contribution in [0.3, 0.4) is 0 Å². The van der Waals surface area contributed by atoms with E-state index in [-0.39, 0.29) is 6.04 Å². The van der Waals surface area contributed by atoms with Gasteiger partial charge in [-0.1, -0.05) is 13.8 Å². The van der Waals surface area contributed by atoms with Crippen LogP contribution in [0.25, 0.3) is 0 Å². The molecule has 0 N–H and O–H groups in total. The van der Waals surface area contributed by atoms with Crippen LogP contribution in [0.1, 0.15) is 253 Å². The van der Waals surface area contributed by atoms with Crippen LogP contribution >= 0.6 is 0 Å². The van der Waals surface area contributed by atoms with Gasteiger partial charge in [0.2, 0.25) is 0 Å². The fraction of sp³-hybridized carbons (Fsp3) is 0.988. The minimum Gasteiger partial charge on any atom is -0.301 e. The molecule has 0 radical (unpaired) electrons. The predicted molar refractivity (Wildman–Crippen MR) is 410 cm³/mol. The summed E-state index contributed by atoms with van der Waals surface area (Å²) in [7, 11) is 0. The zero-order valence-electron chi connectivity index (χ0n) is 68.6. The summed E-state index contributed by atoms with van der Waals surface area (Å²) in [6.07, 6.45) is 8.53. The van der Waals surface area contributed by atoms with Gasteiger partial charge in [0.05, 0.1) is 6.07 Å². The molecule has 10 aliphatic rings. The molecule has 14 nitrogen and oxygen atoms in total.